The fourth-order valence-corrected chi connectivity index (χ4v) is 11.1. The van der Waals surface area contributed by atoms with Gasteiger partial charge in [-0.05, 0) is 138 Å². The van der Waals surface area contributed by atoms with Crippen molar-refractivity contribution in [2.45, 2.75) is 113 Å². The van der Waals surface area contributed by atoms with Crippen molar-refractivity contribution >= 4 is 27.0 Å². The van der Waals surface area contributed by atoms with E-state index in [0.29, 0.717) is 42.3 Å². The number of para-hydroxylation sites is 2. The Morgan fingerprint density at radius 1 is 0.920 bits per heavy atom. The fraction of sp³-hybridized carbons (Fsp3) is 0.500. The van der Waals surface area contributed by atoms with Gasteiger partial charge in [0, 0.05) is 42.8 Å². The first-order valence-corrected chi connectivity index (χ1v) is 19.9. The molecule has 264 valence electrons. The Balaban J connectivity index is 0.997. The number of rotatable bonds is 9. The van der Waals surface area contributed by atoms with E-state index in [1.807, 2.05) is 17.9 Å². The lowest BCUT2D eigenvalue weighted by Gasteiger charge is -2.46. The molecule has 3 atom stereocenters. The minimum atomic E-state index is -3.71. The SMILES string of the molecule is Cc1ccc(S(=O)(=O)NC2CC2)c(C)c1C(=O)N1CCC(CCN2[C@@H]3CC[C@H]2CC(n2c(C)nc4ccccc42)C3)(c2cccc(F)c2)CC1. The van der Waals surface area contributed by atoms with Gasteiger partial charge in [0.1, 0.15) is 11.6 Å². The topological polar surface area (TPSA) is 87.5 Å². The van der Waals surface area contributed by atoms with Gasteiger partial charge in [-0.25, -0.2) is 22.5 Å². The molecule has 3 aromatic carbocycles. The van der Waals surface area contributed by atoms with Crippen molar-refractivity contribution in [3.05, 3.63) is 94.6 Å². The average molecular weight is 698 g/mol. The summed E-state index contributed by atoms with van der Waals surface area (Å²) in [6.07, 6.45) is 8.67. The number of nitrogens with one attached hydrogen (secondary N) is 1. The first-order chi connectivity index (χ1) is 24.0. The predicted molar refractivity (Wildman–Crippen MR) is 193 cm³/mol. The Bertz CT molecular complexity index is 2030. The molecule has 1 N–H and O–H groups in total. The largest absolute Gasteiger partial charge is 0.339 e. The van der Waals surface area contributed by atoms with Crippen LogP contribution in [0.25, 0.3) is 11.0 Å². The number of amides is 1. The zero-order valence-electron chi connectivity index (χ0n) is 29.4. The third kappa shape index (κ3) is 6.07. The van der Waals surface area contributed by atoms with Crippen LogP contribution < -0.4 is 4.72 Å². The van der Waals surface area contributed by atoms with E-state index >= 15 is 0 Å². The fourth-order valence-electron chi connectivity index (χ4n) is 9.52. The molecule has 1 amide bonds. The summed E-state index contributed by atoms with van der Waals surface area (Å²) in [4.78, 5) is 23.8. The molecule has 50 heavy (non-hydrogen) atoms. The molecule has 0 radical (unpaired) electrons. The number of halogens is 1. The van der Waals surface area contributed by atoms with Crippen LogP contribution >= 0.6 is 0 Å². The molecule has 4 aliphatic rings. The molecule has 8 rings (SSSR count). The number of nitrogens with zero attached hydrogens (tertiary/aromatic N) is 4. The van der Waals surface area contributed by atoms with Crippen LogP contribution in [0.1, 0.15) is 96.7 Å². The van der Waals surface area contributed by atoms with E-state index < -0.39 is 10.0 Å². The molecule has 4 aromatic rings. The lowest BCUT2D eigenvalue weighted by atomic mass is 9.70. The third-order valence-corrected chi connectivity index (χ3v) is 14.0. The molecule has 1 aliphatic carbocycles. The minimum Gasteiger partial charge on any atom is -0.339 e. The lowest BCUT2D eigenvalue weighted by molar-refractivity contribution is 0.0605. The second kappa shape index (κ2) is 12.9. The van der Waals surface area contributed by atoms with Gasteiger partial charge in [-0.3, -0.25) is 9.69 Å². The molecular weight excluding hydrogens is 650 g/mol. The maximum Gasteiger partial charge on any atom is 0.254 e. The number of benzene rings is 3. The van der Waals surface area contributed by atoms with Crippen molar-refractivity contribution in [3.8, 4) is 0 Å². The Labute approximate surface area is 295 Å². The van der Waals surface area contributed by atoms with Gasteiger partial charge in [0.15, 0.2) is 0 Å². The number of fused-ring (bicyclic) bond motifs is 3. The van der Waals surface area contributed by atoms with Crippen LogP contribution in [-0.2, 0) is 15.4 Å². The predicted octanol–water partition coefficient (Wildman–Crippen LogP) is 6.97. The van der Waals surface area contributed by atoms with Crippen LogP contribution in [-0.4, -0.2) is 71.4 Å². The summed E-state index contributed by atoms with van der Waals surface area (Å²) in [5.41, 5.74) is 4.80. The van der Waals surface area contributed by atoms with Gasteiger partial charge >= 0.3 is 0 Å². The number of carbonyl (C=O) groups is 1. The summed E-state index contributed by atoms with van der Waals surface area (Å²) in [5.74, 6) is 0.733. The Hall–Kier alpha value is -3.60. The third-order valence-electron chi connectivity index (χ3n) is 12.3. The number of hydrogen-bond acceptors (Lipinski definition) is 5. The summed E-state index contributed by atoms with van der Waals surface area (Å²) >= 11 is 0. The Morgan fingerprint density at radius 3 is 2.34 bits per heavy atom. The first-order valence-electron chi connectivity index (χ1n) is 18.4. The number of carbonyl (C=O) groups excluding carboxylic acids is 1. The highest BCUT2D eigenvalue weighted by Crippen LogP contribution is 2.45. The first kappa shape index (κ1) is 33.5. The molecule has 0 spiro atoms. The van der Waals surface area contributed by atoms with E-state index in [4.69, 9.17) is 4.98 Å². The number of imidazole rings is 1. The van der Waals surface area contributed by atoms with Gasteiger partial charge < -0.3 is 9.47 Å². The molecule has 10 heteroatoms. The molecule has 4 heterocycles. The van der Waals surface area contributed by atoms with Gasteiger partial charge in [0.2, 0.25) is 10.0 Å². The van der Waals surface area contributed by atoms with E-state index in [9.17, 15) is 17.6 Å². The zero-order chi connectivity index (χ0) is 34.8. The average Bonchev–Trinajstić information content (AvgIpc) is 3.78. The molecule has 4 fully saturated rings. The quantitative estimate of drug-likeness (QED) is 0.204. The molecule has 3 aliphatic heterocycles. The summed E-state index contributed by atoms with van der Waals surface area (Å²) in [7, 11) is -3.71. The molecule has 1 saturated carbocycles. The molecule has 3 saturated heterocycles. The summed E-state index contributed by atoms with van der Waals surface area (Å²) in [6.45, 7) is 7.77. The van der Waals surface area contributed by atoms with Gasteiger partial charge in [0.05, 0.1) is 15.9 Å². The number of aryl methyl sites for hydroxylation is 2. The van der Waals surface area contributed by atoms with Gasteiger partial charge in [-0.2, -0.15) is 0 Å². The van der Waals surface area contributed by atoms with E-state index in [-0.39, 0.29) is 28.1 Å². The van der Waals surface area contributed by atoms with Gasteiger partial charge in [-0.15, -0.1) is 0 Å². The molecular formula is C40H48FN5O3S. The number of likely N-dealkylation sites (tertiary alicyclic amines) is 1. The molecule has 1 aromatic heterocycles. The summed E-state index contributed by atoms with van der Waals surface area (Å²) in [5, 5.41) is 0. The Kier molecular flexibility index (Phi) is 8.63. The monoisotopic (exact) mass is 697 g/mol. The van der Waals surface area contributed by atoms with Crippen LogP contribution in [0.2, 0.25) is 0 Å². The summed E-state index contributed by atoms with van der Waals surface area (Å²) < 4.78 is 46.3. The van der Waals surface area contributed by atoms with E-state index in [1.54, 1.807) is 25.1 Å². The van der Waals surface area contributed by atoms with Crippen molar-refractivity contribution < 1.29 is 17.6 Å². The lowest BCUT2D eigenvalue weighted by Crippen LogP contribution is -2.49. The van der Waals surface area contributed by atoms with Gasteiger partial charge in [-0.1, -0.05) is 30.3 Å². The van der Waals surface area contributed by atoms with Gasteiger partial charge in [0.25, 0.3) is 5.91 Å². The Morgan fingerprint density at radius 2 is 1.64 bits per heavy atom. The standard InChI is InChI=1S/C40H48FN5O3S/c1-26-11-16-37(50(48,49)43-31-12-13-31)27(2)38(26)39(47)44-20-17-40(18-21-44,29-7-6-8-30(41)23-29)19-22-45-32-14-15-33(45)25-34(24-32)46-28(3)42-35-9-4-5-10-36(35)46/h4-11,16,23,31-34,43H,12-15,17-22,24-25H2,1-3H3/t32-,33+,34?. The van der Waals surface area contributed by atoms with E-state index in [1.165, 1.54) is 24.4 Å². The number of hydrogen-bond donors (Lipinski definition) is 1. The number of piperidine rings is 2. The van der Waals surface area contributed by atoms with Crippen molar-refractivity contribution in [3.63, 3.8) is 0 Å². The molecule has 2 bridgehead atoms. The highest BCUT2D eigenvalue weighted by Gasteiger charge is 2.44. The van der Waals surface area contributed by atoms with Crippen molar-refractivity contribution in [2.24, 2.45) is 0 Å². The van der Waals surface area contributed by atoms with Crippen LogP contribution in [0.15, 0.2) is 65.6 Å². The van der Waals surface area contributed by atoms with Crippen molar-refractivity contribution in [1.29, 1.82) is 0 Å². The summed E-state index contributed by atoms with van der Waals surface area (Å²) in [6, 6.07) is 20.3. The second-order valence-electron chi connectivity index (χ2n) is 15.4. The number of sulfonamides is 1. The highest BCUT2D eigenvalue weighted by molar-refractivity contribution is 7.89. The van der Waals surface area contributed by atoms with Crippen LogP contribution in [0.4, 0.5) is 4.39 Å². The zero-order valence-corrected chi connectivity index (χ0v) is 30.2. The number of aromatic nitrogens is 2. The molecule has 8 nitrogen and oxygen atoms in total. The van der Waals surface area contributed by atoms with Crippen molar-refractivity contribution in [2.75, 3.05) is 19.6 Å². The normalized spacial score (nSPS) is 23.8. The maximum atomic E-state index is 14.7. The van der Waals surface area contributed by atoms with Crippen LogP contribution in [0.3, 0.4) is 0 Å². The highest BCUT2D eigenvalue weighted by atomic mass is 32.2. The van der Waals surface area contributed by atoms with Crippen LogP contribution in [0, 0.1) is 26.6 Å². The maximum absolute atomic E-state index is 14.7. The van der Waals surface area contributed by atoms with Crippen molar-refractivity contribution in [1.82, 2.24) is 24.1 Å². The second-order valence-corrected chi connectivity index (χ2v) is 17.1. The van der Waals surface area contributed by atoms with E-state index in [0.717, 1.165) is 74.0 Å². The minimum absolute atomic E-state index is 0.0133. The van der Waals surface area contributed by atoms with Crippen LogP contribution in [0.5, 0.6) is 0 Å². The molecule has 1 unspecified atom stereocenters. The smallest absolute Gasteiger partial charge is 0.254 e. The van der Waals surface area contributed by atoms with E-state index in [2.05, 4.69) is 51.4 Å².